The Morgan fingerprint density at radius 2 is 1.65 bits per heavy atom. The SMILES string of the molecule is CCC(C)(CNC(C)(C)C)CN1CCC(N(C)C)CC1. The second-order valence-corrected chi connectivity index (χ2v) is 8.24. The molecule has 0 radical (unpaired) electrons. The van der Waals surface area contributed by atoms with Crippen molar-refractivity contribution in [2.24, 2.45) is 5.41 Å². The second kappa shape index (κ2) is 7.24. The Morgan fingerprint density at radius 3 is 2.05 bits per heavy atom. The Labute approximate surface area is 127 Å². The molecule has 1 fully saturated rings. The molecule has 0 aromatic carbocycles. The summed E-state index contributed by atoms with van der Waals surface area (Å²) in [6.45, 7) is 16.4. The number of nitrogens with one attached hydrogen (secondary N) is 1. The van der Waals surface area contributed by atoms with Crippen molar-refractivity contribution in [3.63, 3.8) is 0 Å². The molecule has 0 amide bonds. The van der Waals surface area contributed by atoms with Gasteiger partial charge < -0.3 is 15.1 Å². The van der Waals surface area contributed by atoms with Gasteiger partial charge in [-0.3, -0.25) is 0 Å². The van der Waals surface area contributed by atoms with Gasteiger partial charge in [0.2, 0.25) is 0 Å². The molecule has 1 aliphatic rings. The van der Waals surface area contributed by atoms with E-state index in [4.69, 9.17) is 0 Å². The van der Waals surface area contributed by atoms with Gasteiger partial charge in [0.15, 0.2) is 0 Å². The van der Waals surface area contributed by atoms with E-state index in [1.807, 2.05) is 0 Å². The van der Waals surface area contributed by atoms with Crippen molar-refractivity contribution in [3.8, 4) is 0 Å². The quantitative estimate of drug-likeness (QED) is 0.809. The zero-order valence-electron chi connectivity index (χ0n) is 14.9. The van der Waals surface area contributed by atoms with Crippen LogP contribution in [-0.4, -0.2) is 61.7 Å². The highest BCUT2D eigenvalue weighted by Crippen LogP contribution is 2.25. The summed E-state index contributed by atoms with van der Waals surface area (Å²) in [4.78, 5) is 5.06. The third kappa shape index (κ3) is 6.11. The zero-order valence-corrected chi connectivity index (χ0v) is 14.9. The molecule has 0 bridgehead atoms. The summed E-state index contributed by atoms with van der Waals surface area (Å²) >= 11 is 0. The molecule has 0 spiro atoms. The Morgan fingerprint density at radius 1 is 1.10 bits per heavy atom. The fourth-order valence-electron chi connectivity index (χ4n) is 2.90. The van der Waals surface area contributed by atoms with Crippen LogP contribution in [0.15, 0.2) is 0 Å². The third-order valence-corrected chi connectivity index (χ3v) is 4.79. The predicted molar refractivity (Wildman–Crippen MR) is 89.3 cm³/mol. The molecule has 0 saturated carbocycles. The summed E-state index contributed by atoms with van der Waals surface area (Å²) in [6.07, 6.45) is 3.88. The fraction of sp³-hybridized carbons (Fsp3) is 1.00. The molecule has 3 nitrogen and oxygen atoms in total. The largest absolute Gasteiger partial charge is 0.311 e. The molecule has 1 unspecified atom stereocenters. The van der Waals surface area contributed by atoms with Gasteiger partial charge in [0.25, 0.3) is 0 Å². The molecule has 3 heteroatoms. The van der Waals surface area contributed by atoms with Crippen molar-refractivity contribution < 1.29 is 0 Å². The van der Waals surface area contributed by atoms with Crippen molar-refractivity contribution in [2.75, 3.05) is 40.3 Å². The van der Waals surface area contributed by atoms with E-state index in [9.17, 15) is 0 Å². The van der Waals surface area contributed by atoms with E-state index >= 15 is 0 Å². The van der Waals surface area contributed by atoms with Crippen LogP contribution in [0.5, 0.6) is 0 Å². The Bertz CT molecular complexity index is 274. The van der Waals surface area contributed by atoms with Crippen molar-refractivity contribution in [3.05, 3.63) is 0 Å². The van der Waals surface area contributed by atoms with E-state index in [-0.39, 0.29) is 5.54 Å². The van der Waals surface area contributed by atoms with Crippen LogP contribution < -0.4 is 5.32 Å². The van der Waals surface area contributed by atoms with Crippen LogP contribution in [0, 0.1) is 5.41 Å². The van der Waals surface area contributed by atoms with Crippen LogP contribution in [0.25, 0.3) is 0 Å². The maximum Gasteiger partial charge on any atom is 0.0113 e. The number of hydrogen-bond donors (Lipinski definition) is 1. The molecule has 120 valence electrons. The van der Waals surface area contributed by atoms with Crippen molar-refractivity contribution in [1.82, 2.24) is 15.1 Å². The van der Waals surface area contributed by atoms with Crippen LogP contribution in [0.2, 0.25) is 0 Å². The first-order valence-electron chi connectivity index (χ1n) is 8.29. The van der Waals surface area contributed by atoms with E-state index in [0.717, 1.165) is 12.6 Å². The van der Waals surface area contributed by atoms with Crippen LogP contribution in [0.1, 0.15) is 53.9 Å². The predicted octanol–water partition coefficient (Wildman–Crippen LogP) is 2.82. The first-order chi connectivity index (χ1) is 9.15. The lowest BCUT2D eigenvalue weighted by Crippen LogP contribution is -2.50. The average Bonchev–Trinajstić information content (AvgIpc) is 2.36. The van der Waals surface area contributed by atoms with E-state index in [2.05, 4.69) is 63.8 Å². The number of hydrogen-bond acceptors (Lipinski definition) is 3. The summed E-state index contributed by atoms with van der Waals surface area (Å²) in [5.74, 6) is 0. The van der Waals surface area contributed by atoms with Crippen LogP contribution >= 0.6 is 0 Å². The van der Waals surface area contributed by atoms with Gasteiger partial charge in [0, 0.05) is 24.7 Å². The number of piperidine rings is 1. The third-order valence-electron chi connectivity index (χ3n) is 4.79. The topological polar surface area (TPSA) is 18.5 Å². The van der Waals surface area contributed by atoms with Crippen LogP contribution in [0.3, 0.4) is 0 Å². The maximum atomic E-state index is 3.70. The van der Waals surface area contributed by atoms with E-state index < -0.39 is 0 Å². The number of likely N-dealkylation sites (tertiary alicyclic amines) is 1. The molecular weight excluding hydrogens is 246 g/mol. The molecule has 1 rings (SSSR count). The Balaban J connectivity index is 2.44. The molecule has 0 aromatic heterocycles. The van der Waals surface area contributed by atoms with Crippen LogP contribution in [-0.2, 0) is 0 Å². The number of nitrogens with zero attached hydrogens (tertiary/aromatic N) is 2. The van der Waals surface area contributed by atoms with Gasteiger partial charge in [-0.2, -0.15) is 0 Å². The van der Waals surface area contributed by atoms with Crippen molar-refractivity contribution in [2.45, 2.75) is 65.5 Å². The highest BCUT2D eigenvalue weighted by atomic mass is 15.2. The molecular formula is C17H37N3. The minimum Gasteiger partial charge on any atom is -0.311 e. The highest BCUT2D eigenvalue weighted by molar-refractivity contribution is 4.86. The zero-order chi connectivity index (χ0) is 15.4. The lowest BCUT2D eigenvalue weighted by molar-refractivity contribution is 0.0946. The summed E-state index contributed by atoms with van der Waals surface area (Å²) in [5, 5.41) is 3.70. The van der Waals surface area contributed by atoms with Crippen LogP contribution in [0.4, 0.5) is 0 Å². The van der Waals surface area contributed by atoms with Gasteiger partial charge in [-0.05, 0) is 72.6 Å². The molecule has 1 atom stereocenters. The van der Waals surface area contributed by atoms with Gasteiger partial charge >= 0.3 is 0 Å². The van der Waals surface area contributed by atoms with E-state index in [1.54, 1.807) is 0 Å². The summed E-state index contributed by atoms with van der Waals surface area (Å²) in [5.41, 5.74) is 0.604. The van der Waals surface area contributed by atoms with Crippen molar-refractivity contribution >= 4 is 0 Å². The average molecular weight is 284 g/mol. The smallest absolute Gasteiger partial charge is 0.0113 e. The van der Waals surface area contributed by atoms with Gasteiger partial charge in [-0.15, -0.1) is 0 Å². The molecule has 1 N–H and O–H groups in total. The van der Waals surface area contributed by atoms with Gasteiger partial charge in [0.05, 0.1) is 0 Å². The Kier molecular flexibility index (Phi) is 6.49. The first kappa shape index (κ1) is 17.9. The van der Waals surface area contributed by atoms with Gasteiger partial charge in [-0.1, -0.05) is 13.8 Å². The van der Waals surface area contributed by atoms with Crippen molar-refractivity contribution in [1.29, 1.82) is 0 Å². The first-order valence-corrected chi connectivity index (χ1v) is 8.29. The number of rotatable bonds is 6. The standard InChI is InChI=1S/C17H37N3/c1-8-17(5,13-18-16(2,3)4)14-20-11-9-15(10-12-20)19(6)7/h15,18H,8-14H2,1-7H3. The summed E-state index contributed by atoms with van der Waals surface area (Å²) in [7, 11) is 4.42. The van der Waals surface area contributed by atoms with Gasteiger partial charge in [-0.25, -0.2) is 0 Å². The summed E-state index contributed by atoms with van der Waals surface area (Å²) in [6, 6.07) is 0.784. The van der Waals surface area contributed by atoms with Gasteiger partial charge in [0.1, 0.15) is 0 Å². The fourth-order valence-corrected chi connectivity index (χ4v) is 2.90. The lowest BCUT2D eigenvalue weighted by atomic mass is 9.85. The molecule has 20 heavy (non-hydrogen) atoms. The maximum absolute atomic E-state index is 3.70. The summed E-state index contributed by atoms with van der Waals surface area (Å²) < 4.78 is 0. The minimum atomic E-state index is 0.217. The molecule has 1 heterocycles. The highest BCUT2D eigenvalue weighted by Gasteiger charge is 2.29. The Hall–Kier alpha value is -0.120. The monoisotopic (exact) mass is 283 g/mol. The van der Waals surface area contributed by atoms with E-state index in [0.29, 0.717) is 5.41 Å². The second-order valence-electron chi connectivity index (χ2n) is 8.24. The molecule has 1 saturated heterocycles. The molecule has 1 aliphatic heterocycles. The minimum absolute atomic E-state index is 0.217. The lowest BCUT2D eigenvalue weighted by Gasteiger charge is -2.41. The van der Waals surface area contributed by atoms with E-state index in [1.165, 1.54) is 38.9 Å². The normalized spacial score (nSPS) is 22.2. The molecule has 0 aliphatic carbocycles. The molecule has 0 aromatic rings.